The van der Waals surface area contributed by atoms with E-state index in [0.717, 1.165) is 10.0 Å². The molecule has 0 atom stereocenters. The first-order valence-corrected chi connectivity index (χ1v) is 6.54. The number of halogens is 2. The van der Waals surface area contributed by atoms with E-state index in [0.29, 0.717) is 17.1 Å². The predicted molar refractivity (Wildman–Crippen MR) is 74.0 cm³/mol. The molecule has 98 valence electrons. The molecule has 0 bridgehead atoms. The number of carbonyl (C=O) groups excluding carboxylic acids is 1. The molecule has 18 heavy (non-hydrogen) atoms. The fourth-order valence-corrected chi connectivity index (χ4v) is 2.08. The lowest BCUT2D eigenvalue weighted by molar-refractivity contribution is -0.137. The monoisotopic (exact) mass is 333 g/mol. The number of benzene rings is 1. The van der Waals surface area contributed by atoms with Crippen LogP contribution < -0.4 is 5.32 Å². The molecule has 0 heterocycles. The van der Waals surface area contributed by atoms with Crippen molar-refractivity contribution in [1.29, 1.82) is 0 Å². The van der Waals surface area contributed by atoms with Gasteiger partial charge in [-0.1, -0.05) is 11.6 Å². The summed E-state index contributed by atoms with van der Waals surface area (Å²) in [6.07, 6.45) is 0.478. The van der Waals surface area contributed by atoms with Gasteiger partial charge in [0, 0.05) is 22.3 Å². The van der Waals surface area contributed by atoms with E-state index in [4.69, 9.17) is 16.7 Å². The van der Waals surface area contributed by atoms with Crippen LogP contribution in [0.5, 0.6) is 0 Å². The van der Waals surface area contributed by atoms with E-state index in [9.17, 15) is 9.59 Å². The Balaban J connectivity index is 2.59. The highest BCUT2D eigenvalue weighted by Gasteiger charge is 2.08. The summed E-state index contributed by atoms with van der Waals surface area (Å²) >= 11 is 9.30. The van der Waals surface area contributed by atoms with Gasteiger partial charge in [0.25, 0.3) is 0 Å². The molecule has 4 nitrogen and oxygen atoms in total. The molecule has 2 N–H and O–H groups in total. The van der Waals surface area contributed by atoms with Crippen molar-refractivity contribution in [2.45, 2.75) is 26.2 Å². The Kier molecular flexibility index (Phi) is 5.62. The van der Waals surface area contributed by atoms with Gasteiger partial charge in [0.05, 0.1) is 5.69 Å². The lowest BCUT2D eigenvalue weighted by Gasteiger charge is -2.09. The zero-order chi connectivity index (χ0) is 13.7. The van der Waals surface area contributed by atoms with Crippen molar-refractivity contribution in [2.75, 3.05) is 5.32 Å². The number of carboxylic acid groups (broad SMARTS) is 1. The van der Waals surface area contributed by atoms with E-state index in [2.05, 4.69) is 21.2 Å². The molecule has 0 fully saturated rings. The third-order valence-electron chi connectivity index (χ3n) is 2.32. The number of hydrogen-bond acceptors (Lipinski definition) is 2. The van der Waals surface area contributed by atoms with Gasteiger partial charge in [0.1, 0.15) is 0 Å². The second kappa shape index (κ2) is 6.75. The molecule has 0 aliphatic rings. The van der Waals surface area contributed by atoms with E-state index in [-0.39, 0.29) is 18.7 Å². The second-order valence-corrected chi connectivity index (χ2v) is 5.14. The summed E-state index contributed by atoms with van der Waals surface area (Å²) in [5.41, 5.74) is 1.50. The number of aliphatic carboxylic acids is 1. The molecule has 0 aliphatic carbocycles. The maximum Gasteiger partial charge on any atom is 0.303 e. The van der Waals surface area contributed by atoms with Crippen LogP contribution in [-0.4, -0.2) is 17.0 Å². The molecule has 0 spiro atoms. The van der Waals surface area contributed by atoms with Crippen LogP contribution in [0.25, 0.3) is 0 Å². The summed E-state index contributed by atoms with van der Waals surface area (Å²) < 4.78 is 0.746. The van der Waals surface area contributed by atoms with Gasteiger partial charge in [-0.15, -0.1) is 0 Å². The topological polar surface area (TPSA) is 66.4 Å². The molecule has 6 heteroatoms. The maximum absolute atomic E-state index is 11.6. The number of carboxylic acids is 1. The highest BCUT2D eigenvalue weighted by molar-refractivity contribution is 9.10. The van der Waals surface area contributed by atoms with Crippen LogP contribution in [-0.2, 0) is 9.59 Å². The van der Waals surface area contributed by atoms with Gasteiger partial charge in [0.2, 0.25) is 5.91 Å². The Morgan fingerprint density at radius 1 is 1.39 bits per heavy atom. The normalized spacial score (nSPS) is 10.2. The van der Waals surface area contributed by atoms with Crippen LogP contribution in [0.4, 0.5) is 5.69 Å². The van der Waals surface area contributed by atoms with Crippen LogP contribution in [0.15, 0.2) is 16.6 Å². The molecule has 0 saturated carbocycles. The minimum Gasteiger partial charge on any atom is -0.481 e. The van der Waals surface area contributed by atoms with Gasteiger partial charge in [0.15, 0.2) is 0 Å². The van der Waals surface area contributed by atoms with Crippen molar-refractivity contribution in [1.82, 2.24) is 0 Å². The van der Waals surface area contributed by atoms with Crippen molar-refractivity contribution >= 4 is 45.1 Å². The second-order valence-electron chi connectivity index (χ2n) is 3.88. The predicted octanol–water partition coefficient (Wildman–Crippen LogP) is 3.60. The minimum atomic E-state index is -0.901. The molecule has 1 aromatic rings. The summed E-state index contributed by atoms with van der Waals surface area (Å²) in [5, 5.41) is 11.7. The van der Waals surface area contributed by atoms with Gasteiger partial charge < -0.3 is 10.4 Å². The summed E-state index contributed by atoms with van der Waals surface area (Å²) in [6, 6.07) is 3.48. The van der Waals surface area contributed by atoms with Gasteiger partial charge in [-0.25, -0.2) is 0 Å². The van der Waals surface area contributed by atoms with Crippen LogP contribution in [0.1, 0.15) is 24.8 Å². The smallest absolute Gasteiger partial charge is 0.303 e. The van der Waals surface area contributed by atoms with Gasteiger partial charge >= 0.3 is 5.97 Å². The van der Waals surface area contributed by atoms with Gasteiger partial charge in [-0.05, 0) is 47.0 Å². The van der Waals surface area contributed by atoms with E-state index in [1.54, 1.807) is 6.07 Å². The summed E-state index contributed by atoms with van der Waals surface area (Å²) in [5.74, 6) is -1.13. The molecule has 0 unspecified atom stereocenters. The van der Waals surface area contributed by atoms with Crippen molar-refractivity contribution in [3.8, 4) is 0 Å². The van der Waals surface area contributed by atoms with Crippen molar-refractivity contribution in [3.63, 3.8) is 0 Å². The molecular weight excluding hydrogens is 321 g/mol. The van der Waals surface area contributed by atoms with Crippen molar-refractivity contribution in [2.24, 2.45) is 0 Å². The average molecular weight is 335 g/mol. The van der Waals surface area contributed by atoms with E-state index >= 15 is 0 Å². The third kappa shape index (κ3) is 4.66. The van der Waals surface area contributed by atoms with Crippen LogP contribution >= 0.6 is 27.5 Å². The molecule has 1 amide bonds. The molecule has 0 aromatic heterocycles. The minimum absolute atomic E-state index is 0.0107. The highest BCUT2D eigenvalue weighted by Crippen LogP contribution is 2.29. The number of hydrogen-bond donors (Lipinski definition) is 2. The third-order valence-corrected chi connectivity index (χ3v) is 3.38. The van der Waals surface area contributed by atoms with Crippen molar-refractivity contribution < 1.29 is 14.7 Å². The van der Waals surface area contributed by atoms with E-state index in [1.165, 1.54) is 0 Å². The highest BCUT2D eigenvalue weighted by atomic mass is 79.9. The first-order chi connectivity index (χ1) is 8.40. The Bertz CT molecular complexity index is 477. The fourth-order valence-electron chi connectivity index (χ4n) is 1.35. The quantitative estimate of drug-likeness (QED) is 0.864. The Morgan fingerprint density at radius 2 is 2.06 bits per heavy atom. The fraction of sp³-hybridized carbons (Fsp3) is 0.333. The largest absolute Gasteiger partial charge is 0.481 e. The average Bonchev–Trinajstić information content (AvgIpc) is 2.25. The standard InChI is InChI=1S/C12H13BrClNO3/c1-7-5-8(13)10(6-9(7)14)15-11(16)3-2-4-12(17)18/h5-6H,2-4H2,1H3,(H,15,16)(H,17,18). The number of aryl methyl sites for hydroxylation is 1. The summed E-state index contributed by atoms with van der Waals surface area (Å²) in [7, 11) is 0. The van der Waals surface area contributed by atoms with Crippen LogP contribution in [0, 0.1) is 6.92 Å². The molecule has 0 radical (unpaired) electrons. The molecule has 1 rings (SSSR count). The lowest BCUT2D eigenvalue weighted by Crippen LogP contribution is -2.12. The van der Waals surface area contributed by atoms with Gasteiger partial charge in [-0.3, -0.25) is 9.59 Å². The van der Waals surface area contributed by atoms with E-state index < -0.39 is 5.97 Å². The number of nitrogens with one attached hydrogen (secondary N) is 1. The number of amides is 1. The first kappa shape index (κ1) is 15.0. The summed E-state index contributed by atoms with van der Waals surface area (Å²) in [6.45, 7) is 1.87. The Morgan fingerprint density at radius 3 is 2.67 bits per heavy atom. The molecule has 1 aromatic carbocycles. The summed E-state index contributed by atoms with van der Waals surface area (Å²) in [4.78, 5) is 21.9. The Labute approximate surface area is 118 Å². The zero-order valence-electron chi connectivity index (χ0n) is 9.80. The van der Waals surface area contributed by atoms with Crippen LogP contribution in [0.2, 0.25) is 5.02 Å². The van der Waals surface area contributed by atoms with Crippen molar-refractivity contribution in [3.05, 3.63) is 27.2 Å². The van der Waals surface area contributed by atoms with E-state index in [1.807, 2.05) is 13.0 Å². The SMILES string of the molecule is Cc1cc(Br)c(NC(=O)CCCC(=O)O)cc1Cl. The molecule has 0 saturated heterocycles. The number of rotatable bonds is 5. The zero-order valence-corrected chi connectivity index (χ0v) is 12.1. The lowest BCUT2D eigenvalue weighted by atomic mass is 10.2. The number of anilines is 1. The first-order valence-electron chi connectivity index (χ1n) is 5.37. The maximum atomic E-state index is 11.6. The number of carbonyl (C=O) groups is 2. The molecular formula is C12H13BrClNO3. The molecule has 0 aliphatic heterocycles. The Hall–Kier alpha value is -1.07. The van der Waals surface area contributed by atoms with Crippen LogP contribution in [0.3, 0.4) is 0 Å². The van der Waals surface area contributed by atoms with Gasteiger partial charge in [-0.2, -0.15) is 0 Å².